The first-order chi connectivity index (χ1) is 11.7. The minimum absolute atomic E-state index is 0.00999. The van der Waals surface area contributed by atoms with E-state index in [1.165, 1.54) is 11.1 Å². The van der Waals surface area contributed by atoms with E-state index in [0.29, 0.717) is 19.6 Å². The second kappa shape index (κ2) is 5.09. The van der Waals surface area contributed by atoms with Crippen LogP contribution in [0.5, 0.6) is 0 Å². The lowest BCUT2D eigenvalue weighted by molar-refractivity contribution is -0.194. The van der Waals surface area contributed by atoms with Gasteiger partial charge in [0.1, 0.15) is 0 Å². The van der Waals surface area contributed by atoms with Crippen LogP contribution in [0, 0.1) is 16.2 Å². The van der Waals surface area contributed by atoms with Crippen molar-refractivity contribution in [1.82, 2.24) is 4.90 Å². The van der Waals surface area contributed by atoms with E-state index in [9.17, 15) is 9.59 Å². The predicted octanol–water partition coefficient (Wildman–Crippen LogP) is 3.50. The summed E-state index contributed by atoms with van der Waals surface area (Å²) >= 11 is 0. The summed E-state index contributed by atoms with van der Waals surface area (Å²) in [6, 6.07) is 8.29. The van der Waals surface area contributed by atoms with E-state index in [-0.39, 0.29) is 23.3 Å². The summed E-state index contributed by atoms with van der Waals surface area (Å²) < 4.78 is 5.54. The van der Waals surface area contributed by atoms with E-state index in [0.717, 1.165) is 12.8 Å². The molecule has 4 nitrogen and oxygen atoms in total. The molecule has 0 aromatic heterocycles. The molecule has 1 saturated carbocycles. The Morgan fingerprint density at radius 3 is 2.68 bits per heavy atom. The van der Waals surface area contributed by atoms with Gasteiger partial charge in [-0.1, -0.05) is 45.0 Å². The molecule has 134 valence electrons. The Kier molecular flexibility index (Phi) is 3.38. The van der Waals surface area contributed by atoms with E-state index >= 15 is 0 Å². The van der Waals surface area contributed by atoms with Crippen molar-refractivity contribution in [3.8, 4) is 0 Å². The van der Waals surface area contributed by atoms with Crippen molar-refractivity contribution in [3.05, 3.63) is 35.4 Å². The molecule has 0 unspecified atom stereocenters. The minimum atomic E-state index is -1.04. The second-order valence-electron chi connectivity index (χ2n) is 8.79. The first-order valence-corrected chi connectivity index (χ1v) is 9.31. The third-order valence-corrected chi connectivity index (χ3v) is 7.72. The van der Waals surface area contributed by atoms with Crippen LogP contribution in [0.25, 0.3) is 0 Å². The number of cyclic esters (lactones) is 1. The summed E-state index contributed by atoms with van der Waals surface area (Å²) in [4.78, 5) is 28.6. The van der Waals surface area contributed by atoms with E-state index in [1.807, 2.05) is 17.0 Å². The summed E-state index contributed by atoms with van der Waals surface area (Å²) in [5.41, 5.74) is 0.927. The summed E-state index contributed by atoms with van der Waals surface area (Å²) in [5.74, 6) is -0.350. The third kappa shape index (κ3) is 1.88. The molecule has 2 aliphatic heterocycles. The molecule has 0 radical (unpaired) electrons. The number of hydrogen-bond donors (Lipinski definition) is 0. The fourth-order valence-electron chi connectivity index (χ4n) is 5.32. The van der Waals surface area contributed by atoms with Crippen LogP contribution in [-0.2, 0) is 20.7 Å². The quantitative estimate of drug-likeness (QED) is 0.580. The molecule has 3 aliphatic rings. The maximum Gasteiger partial charge on any atom is 0.322 e. The molecule has 2 heterocycles. The lowest BCUT2D eigenvalue weighted by atomic mass is 9.57. The van der Waals surface area contributed by atoms with Crippen molar-refractivity contribution in [3.63, 3.8) is 0 Å². The van der Waals surface area contributed by atoms with E-state index in [4.69, 9.17) is 4.74 Å². The molecule has 4 heteroatoms. The van der Waals surface area contributed by atoms with Crippen molar-refractivity contribution in [1.29, 1.82) is 0 Å². The van der Waals surface area contributed by atoms with Crippen molar-refractivity contribution >= 4 is 11.9 Å². The molecule has 1 amide bonds. The Labute approximate surface area is 149 Å². The maximum absolute atomic E-state index is 13.7. The topological polar surface area (TPSA) is 46.6 Å². The standard InChI is InChI=1S/C21H27NO3/c1-14-16-8-6-5-7-15(16)9-12-22(14)17(23)21-11-10-20(4,19(21,2)3)13-25-18(21)24/h5-8,14H,9-13H2,1-4H3/t14-,20-,21-/m0/s1. The Hall–Kier alpha value is -1.84. The van der Waals surface area contributed by atoms with Gasteiger partial charge in [0, 0.05) is 12.0 Å². The fourth-order valence-corrected chi connectivity index (χ4v) is 5.32. The van der Waals surface area contributed by atoms with E-state index < -0.39 is 10.8 Å². The van der Waals surface area contributed by atoms with Crippen LogP contribution >= 0.6 is 0 Å². The number of carbonyl (C=O) groups is 2. The average Bonchev–Trinajstić information content (AvgIpc) is 2.70. The highest BCUT2D eigenvalue weighted by molar-refractivity contribution is 6.05. The molecule has 4 rings (SSSR count). The maximum atomic E-state index is 13.7. The van der Waals surface area contributed by atoms with Crippen LogP contribution in [-0.4, -0.2) is 29.9 Å². The minimum Gasteiger partial charge on any atom is -0.464 e. The molecule has 1 aliphatic carbocycles. The molecule has 2 bridgehead atoms. The normalized spacial score (nSPS) is 35.9. The van der Waals surface area contributed by atoms with E-state index in [1.54, 1.807) is 0 Å². The van der Waals surface area contributed by atoms with Crippen molar-refractivity contribution in [2.24, 2.45) is 16.2 Å². The number of hydrogen-bond acceptors (Lipinski definition) is 3. The Balaban J connectivity index is 1.75. The number of carbonyl (C=O) groups excluding carboxylic acids is 2. The van der Waals surface area contributed by atoms with Crippen molar-refractivity contribution in [2.75, 3.05) is 13.2 Å². The van der Waals surface area contributed by atoms with Gasteiger partial charge in [0.25, 0.3) is 0 Å². The third-order valence-electron chi connectivity index (χ3n) is 7.72. The molecule has 0 spiro atoms. The number of esters is 1. The first-order valence-electron chi connectivity index (χ1n) is 9.31. The first kappa shape index (κ1) is 16.6. The molecule has 1 aromatic rings. The van der Waals surface area contributed by atoms with Crippen LogP contribution in [0.15, 0.2) is 24.3 Å². The van der Waals surface area contributed by atoms with Gasteiger partial charge in [-0.3, -0.25) is 9.59 Å². The lowest BCUT2D eigenvalue weighted by Crippen LogP contribution is -2.61. The molecule has 3 atom stereocenters. The van der Waals surface area contributed by atoms with Gasteiger partial charge in [-0.25, -0.2) is 0 Å². The van der Waals surface area contributed by atoms with Crippen LogP contribution in [0.4, 0.5) is 0 Å². The molecular weight excluding hydrogens is 314 g/mol. The zero-order valence-corrected chi connectivity index (χ0v) is 15.6. The summed E-state index contributed by atoms with van der Waals surface area (Å²) in [5, 5.41) is 0. The highest BCUT2D eigenvalue weighted by Crippen LogP contribution is 2.66. The van der Waals surface area contributed by atoms with Gasteiger partial charge < -0.3 is 9.64 Å². The largest absolute Gasteiger partial charge is 0.464 e. The highest BCUT2D eigenvalue weighted by atomic mass is 16.5. The van der Waals surface area contributed by atoms with Crippen LogP contribution in [0.3, 0.4) is 0 Å². The van der Waals surface area contributed by atoms with Gasteiger partial charge in [0.2, 0.25) is 5.91 Å². The van der Waals surface area contributed by atoms with Gasteiger partial charge >= 0.3 is 5.97 Å². The highest BCUT2D eigenvalue weighted by Gasteiger charge is 2.72. The van der Waals surface area contributed by atoms with Crippen LogP contribution < -0.4 is 0 Å². The monoisotopic (exact) mass is 341 g/mol. The fraction of sp³-hybridized carbons (Fsp3) is 0.619. The molecule has 25 heavy (non-hydrogen) atoms. The molecular formula is C21H27NO3. The number of amides is 1. The van der Waals surface area contributed by atoms with Gasteiger partial charge in [0.05, 0.1) is 12.6 Å². The SMILES string of the molecule is C[C@H]1c2ccccc2CCN1C(=O)[C@@]12CC[C@@](C)(COC1=O)C2(C)C. The van der Waals surface area contributed by atoms with Gasteiger partial charge in [-0.2, -0.15) is 0 Å². The van der Waals surface area contributed by atoms with Crippen LogP contribution in [0.1, 0.15) is 57.7 Å². The summed E-state index contributed by atoms with van der Waals surface area (Å²) in [6.45, 7) is 9.48. The zero-order valence-electron chi connectivity index (χ0n) is 15.6. The smallest absolute Gasteiger partial charge is 0.322 e. The average molecular weight is 341 g/mol. The predicted molar refractivity (Wildman–Crippen MR) is 94.8 cm³/mol. The Morgan fingerprint density at radius 2 is 1.92 bits per heavy atom. The second-order valence-corrected chi connectivity index (χ2v) is 8.79. The number of nitrogens with zero attached hydrogens (tertiary/aromatic N) is 1. The summed E-state index contributed by atoms with van der Waals surface area (Å²) in [7, 11) is 0. The Morgan fingerprint density at radius 1 is 1.20 bits per heavy atom. The van der Waals surface area contributed by atoms with Crippen LogP contribution in [0.2, 0.25) is 0 Å². The van der Waals surface area contributed by atoms with E-state index in [2.05, 4.69) is 39.8 Å². The van der Waals surface area contributed by atoms with Gasteiger partial charge in [0.15, 0.2) is 5.41 Å². The summed E-state index contributed by atoms with van der Waals surface area (Å²) in [6.07, 6.45) is 2.30. The van der Waals surface area contributed by atoms with Crippen molar-refractivity contribution < 1.29 is 14.3 Å². The number of fused-ring (bicyclic) bond motifs is 3. The molecule has 0 N–H and O–H groups in total. The van der Waals surface area contributed by atoms with Gasteiger partial charge in [-0.15, -0.1) is 0 Å². The number of rotatable bonds is 1. The lowest BCUT2D eigenvalue weighted by Gasteiger charge is -2.52. The molecule has 2 fully saturated rings. The number of benzene rings is 1. The Bertz CT molecular complexity index is 755. The zero-order chi connectivity index (χ0) is 18.0. The van der Waals surface area contributed by atoms with Crippen molar-refractivity contribution in [2.45, 2.75) is 53.0 Å². The van der Waals surface area contributed by atoms with Gasteiger partial charge in [-0.05, 0) is 42.7 Å². The molecule has 1 saturated heterocycles. The number of ether oxygens (including phenoxy) is 1. The molecule has 1 aromatic carbocycles.